The number of Topliss-reactive ketones (excluding diaryl/α,β-unsaturated/α-hetero) is 1. The van der Waals surface area contributed by atoms with Crippen molar-refractivity contribution < 1.29 is 28.3 Å². The molecular formula is C20H18FNO5. The molecule has 27 heavy (non-hydrogen) atoms. The summed E-state index contributed by atoms with van der Waals surface area (Å²) in [6, 6.07) is 3.79. The molecule has 0 radical (unpaired) electrons. The molecule has 1 aromatic carbocycles. The van der Waals surface area contributed by atoms with Crippen molar-refractivity contribution in [3.05, 3.63) is 47.8 Å². The summed E-state index contributed by atoms with van der Waals surface area (Å²) in [6.07, 6.45) is 4.77. The molecule has 2 aliphatic carbocycles. The summed E-state index contributed by atoms with van der Waals surface area (Å²) in [5, 5.41) is 0. The third kappa shape index (κ3) is 2.78. The van der Waals surface area contributed by atoms with E-state index in [1.54, 1.807) is 0 Å². The first kappa shape index (κ1) is 17.6. The Balaban J connectivity index is 1.39. The zero-order valence-corrected chi connectivity index (χ0v) is 14.6. The third-order valence-electron chi connectivity index (χ3n) is 5.74. The van der Waals surface area contributed by atoms with E-state index >= 15 is 0 Å². The number of imide groups is 1. The SMILES string of the molecule is C[C@H](C(=O)OCC(=O)c1ccc(F)cc1)N1C(=O)[C@H]2[C@H](C1=O)[C@H]1C=C[C@H]2C1. The highest BCUT2D eigenvalue weighted by Gasteiger charge is 2.60. The predicted molar refractivity (Wildman–Crippen MR) is 90.7 cm³/mol. The zero-order valence-electron chi connectivity index (χ0n) is 14.6. The molecule has 7 heteroatoms. The van der Waals surface area contributed by atoms with E-state index in [4.69, 9.17) is 4.74 Å². The van der Waals surface area contributed by atoms with Crippen LogP contribution in [0.5, 0.6) is 0 Å². The molecule has 1 aliphatic heterocycles. The summed E-state index contributed by atoms with van der Waals surface area (Å²) >= 11 is 0. The Morgan fingerprint density at radius 1 is 1.11 bits per heavy atom. The van der Waals surface area contributed by atoms with Gasteiger partial charge in [0.05, 0.1) is 11.8 Å². The van der Waals surface area contributed by atoms with Gasteiger partial charge in [-0.25, -0.2) is 9.18 Å². The van der Waals surface area contributed by atoms with Gasteiger partial charge in [0.25, 0.3) is 0 Å². The summed E-state index contributed by atoms with van der Waals surface area (Å²) in [5.74, 6) is -3.10. The second kappa shape index (κ2) is 6.40. The van der Waals surface area contributed by atoms with Crippen LogP contribution in [0.15, 0.2) is 36.4 Å². The van der Waals surface area contributed by atoms with Crippen LogP contribution in [0.25, 0.3) is 0 Å². The molecule has 0 unspecified atom stereocenters. The van der Waals surface area contributed by atoms with Gasteiger partial charge < -0.3 is 4.74 Å². The van der Waals surface area contributed by atoms with Gasteiger partial charge in [0.15, 0.2) is 12.4 Å². The molecular weight excluding hydrogens is 353 g/mol. The van der Waals surface area contributed by atoms with Crippen molar-refractivity contribution in [3.63, 3.8) is 0 Å². The van der Waals surface area contributed by atoms with Crippen LogP contribution < -0.4 is 0 Å². The molecule has 6 nitrogen and oxygen atoms in total. The minimum atomic E-state index is -1.09. The van der Waals surface area contributed by atoms with Crippen molar-refractivity contribution in [3.8, 4) is 0 Å². The number of likely N-dealkylation sites (tertiary alicyclic amines) is 1. The summed E-state index contributed by atoms with van der Waals surface area (Å²) in [6.45, 7) is 0.890. The van der Waals surface area contributed by atoms with Gasteiger partial charge in [0, 0.05) is 5.56 Å². The Bertz CT molecular complexity index is 832. The minimum absolute atomic E-state index is 0.0599. The Morgan fingerprint density at radius 3 is 2.22 bits per heavy atom. The van der Waals surface area contributed by atoms with Gasteiger partial charge in [-0.2, -0.15) is 0 Å². The van der Waals surface area contributed by atoms with Crippen LogP contribution in [-0.4, -0.2) is 41.1 Å². The molecule has 2 bridgehead atoms. The van der Waals surface area contributed by atoms with Crippen LogP contribution >= 0.6 is 0 Å². The van der Waals surface area contributed by atoms with E-state index in [-0.39, 0.29) is 41.0 Å². The number of ketones is 1. The number of rotatable bonds is 5. The number of allylic oxidation sites excluding steroid dienone is 2. The van der Waals surface area contributed by atoms with Crippen LogP contribution in [0, 0.1) is 29.5 Å². The average molecular weight is 371 g/mol. The zero-order chi connectivity index (χ0) is 19.3. The summed E-state index contributed by atoms with van der Waals surface area (Å²) in [4.78, 5) is 50.7. The molecule has 0 spiro atoms. The van der Waals surface area contributed by atoms with Crippen molar-refractivity contribution >= 4 is 23.6 Å². The Hall–Kier alpha value is -2.83. The predicted octanol–water partition coefficient (Wildman–Crippen LogP) is 1.75. The number of ether oxygens (including phenoxy) is 1. The van der Waals surface area contributed by atoms with E-state index in [0.717, 1.165) is 23.5 Å². The Kier molecular flexibility index (Phi) is 4.17. The van der Waals surface area contributed by atoms with E-state index in [1.807, 2.05) is 12.2 Å². The number of halogens is 1. The smallest absolute Gasteiger partial charge is 0.329 e. The topological polar surface area (TPSA) is 80.8 Å². The van der Waals surface area contributed by atoms with Gasteiger partial charge >= 0.3 is 5.97 Å². The normalized spacial score (nSPS) is 29.2. The fourth-order valence-corrected chi connectivity index (χ4v) is 4.39. The van der Waals surface area contributed by atoms with Crippen molar-refractivity contribution in [2.24, 2.45) is 23.7 Å². The highest BCUT2D eigenvalue weighted by atomic mass is 19.1. The quantitative estimate of drug-likeness (QED) is 0.341. The minimum Gasteiger partial charge on any atom is -0.456 e. The first-order chi connectivity index (χ1) is 12.9. The van der Waals surface area contributed by atoms with E-state index in [1.165, 1.54) is 19.1 Å². The second-order valence-electron chi connectivity index (χ2n) is 7.26. The van der Waals surface area contributed by atoms with Crippen LogP contribution in [-0.2, 0) is 19.1 Å². The lowest BCUT2D eigenvalue weighted by Gasteiger charge is -2.23. The van der Waals surface area contributed by atoms with Crippen LogP contribution in [0.1, 0.15) is 23.7 Å². The average Bonchev–Trinajstić information content (AvgIpc) is 3.33. The molecule has 0 N–H and O–H groups in total. The molecule has 3 aliphatic rings. The number of esters is 1. The third-order valence-corrected chi connectivity index (χ3v) is 5.74. The molecule has 140 valence electrons. The summed E-state index contributed by atoms with van der Waals surface area (Å²) in [7, 11) is 0. The lowest BCUT2D eigenvalue weighted by atomic mass is 9.85. The van der Waals surface area contributed by atoms with Crippen molar-refractivity contribution in [1.29, 1.82) is 0 Å². The molecule has 1 saturated carbocycles. The van der Waals surface area contributed by atoms with Gasteiger partial charge in [0.2, 0.25) is 11.8 Å². The fraction of sp³-hybridized carbons (Fsp3) is 0.400. The summed E-state index contributed by atoms with van der Waals surface area (Å²) in [5.41, 5.74) is 0.211. The van der Waals surface area contributed by atoms with Crippen LogP contribution in [0.4, 0.5) is 4.39 Å². The van der Waals surface area contributed by atoms with Gasteiger partial charge in [-0.3, -0.25) is 19.3 Å². The molecule has 1 saturated heterocycles. The van der Waals surface area contributed by atoms with Crippen molar-refractivity contribution in [2.45, 2.75) is 19.4 Å². The first-order valence-electron chi connectivity index (χ1n) is 8.89. The monoisotopic (exact) mass is 371 g/mol. The second-order valence-corrected chi connectivity index (χ2v) is 7.26. The Morgan fingerprint density at radius 2 is 1.67 bits per heavy atom. The maximum atomic E-state index is 12.9. The lowest BCUT2D eigenvalue weighted by molar-refractivity contribution is -0.157. The first-order valence-corrected chi connectivity index (χ1v) is 8.89. The largest absolute Gasteiger partial charge is 0.456 e. The maximum absolute atomic E-state index is 12.9. The van der Waals surface area contributed by atoms with Gasteiger partial charge in [-0.05, 0) is 49.4 Å². The molecule has 0 aromatic heterocycles. The number of benzene rings is 1. The van der Waals surface area contributed by atoms with Crippen molar-refractivity contribution in [1.82, 2.24) is 4.90 Å². The molecule has 2 amide bonds. The standard InChI is InChI=1S/C20H18FNO5/c1-10(20(26)27-9-15(23)11-4-6-14(21)7-5-11)22-18(24)16-12-2-3-13(8-12)17(16)19(22)25/h2-7,10,12-13,16-17H,8-9H2,1H3/t10-,12+,13+,16-,17-/m1/s1. The molecule has 4 rings (SSSR count). The highest BCUT2D eigenvalue weighted by molar-refractivity contribution is 6.09. The van der Waals surface area contributed by atoms with Crippen LogP contribution in [0.2, 0.25) is 0 Å². The highest BCUT2D eigenvalue weighted by Crippen LogP contribution is 2.52. The number of nitrogens with zero attached hydrogens (tertiary/aromatic N) is 1. The number of hydrogen-bond acceptors (Lipinski definition) is 5. The van der Waals surface area contributed by atoms with Crippen LogP contribution in [0.3, 0.4) is 0 Å². The Labute approximate surface area is 155 Å². The molecule has 2 fully saturated rings. The van der Waals surface area contributed by atoms with E-state index in [9.17, 15) is 23.6 Å². The lowest BCUT2D eigenvalue weighted by Crippen LogP contribution is -2.45. The van der Waals surface area contributed by atoms with Gasteiger partial charge in [0.1, 0.15) is 11.9 Å². The fourth-order valence-electron chi connectivity index (χ4n) is 4.39. The van der Waals surface area contributed by atoms with E-state index in [0.29, 0.717) is 0 Å². The number of amides is 2. The van der Waals surface area contributed by atoms with Crippen molar-refractivity contribution in [2.75, 3.05) is 6.61 Å². The molecule has 1 aromatic rings. The van der Waals surface area contributed by atoms with E-state index < -0.39 is 30.2 Å². The number of carbonyl (C=O) groups excluding carboxylic acids is 4. The number of hydrogen-bond donors (Lipinski definition) is 0. The van der Waals surface area contributed by atoms with Gasteiger partial charge in [-0.15, -0.1) is 0 Å². The van der Waals surface area contributed by atoms with Gasteiger partial charge in [-0.1, -0.05) is 12.2 Å². The van der Waals surface area contributed by atoms with E-state index in [2.05, 4.69) is 0 Å². The molecule has 5 atom stereocenters. The molecule has 1 heterocycles. The maximum Gasteiger partial charge on any atom is 0.329 e. The summed E-state index contributed by atoms with van der Waals surface area (Å²) < 4.78 is 17.9. The number of carbonyl (C=O) groups is 4. The number of fused-ring (bicyclic) bond motifs is 5.